The lowest BCUT2D eigenvalue weighted by Gasteiger charge is -2.29. The molecule has 206 valence electrons. The minimum absolute atomic E-state index is 0.130. The largest absolute Gasteiger partial charge is 0.344 e. The summed E-state index contributed by atoms with van der Waals surface area (Å²) in [6.45, 7) is 1.38. The number of nitrogens with one attached hydrogen (secondary N) is 4. The molecular formula is C29H29N5O5S. The van der Waals surface area contributed by atoms with Crippen LogP contribution >= 0.6 is 10.8 Å². The van der Waals surface area contributed by atoms with E-state index in [4.69, 9.17) is 4.98 Å². The summed E-state index contributed by atoms with van der Waals surface area (Å²) in [5, 5.41) is 5.83. The quantitative estimate of drug-likeness (QED) is 0.183. The summed E-state index contributed by atoms with van der Waals surface area (Å²) >= 11 is 0. The van der Waals surface area contributed by atoms with E-state index < -0.39 is 28.8 Å². The maximum atomic E-state index is 13.5. The van der Waals surface area contributed by atoms with Gasteiger partial charge in [-0.2, -0.15) is 0 Å². The summed E-state index contributed by atoms with van der Waals surface area (Å²) in [6.07, 6.45) is 1.86. The predicted octanol–water partition coefficient (Wildman–Crippen LogP) is 3.85. The van der Waals surface area contributed by atoms with E-state index in [1.807, 2.05) is 54.6 Å². The average Bonchev–Trinajstić information content (AvgIpc) is 3.48. The van der Waals surface area contributed by atoms with E-state index in [9.17, 15) is 23.5 Å². The van der Waals surface area contributed by atoms with Crippen molar-refractivity contribution in [2.75, 3.05) is 0 Å². The van der Waals surface area contributed by atoms with Crippen LogP contribution in [0.5, 0.6) is 0 Å². The second-order valence-corrected chi connectivity index (χ2v) is 11.3. The average molecular weight is 560 g/mol. The molecule has 40 heavy (non-hydrogen) atoms. The molecule has 1 aliphatic heterocycles. The van der Waals surface area contributed by atoms with Gasteiger partial charge in [0.2, 0.25) is 11.8 Å². The summed E-state index contributed by atoms with van der Waals surface area (Å²) in [4.78, 5) is 45.3. The third-order valence-electron chi connectivity index (χ3n) is 6.52. The Morgan fingerprint density at radius 2 is 1.57 bits per heavy atom. The van der Waals surface area contributed by atoms with Gasteiger partial charge in [-0.1, -0.05) is 77.5 Å². The molecule has 5 rings (SSSR count). The monoisotopic (exact) mass is 559 g/mol. The van der Waals surface area contributed by atoms with Crippen molar-refractivity contribution in [1.82, 2.24) is 25.3 Å². The van der Waals surface area contributed by atoms with Crippen LogP contribution in [0.1, 0.15) is 35.5 Å². The number of aromatic nitrogens is 2. The Morgan fingerprint density at radius 1 is 0.900 bits per heavy atom. The number of carbonyl (C=O) groups is 3. The zero-order valence-corrected chi connectivity index (χ0v) is 22.4. The van der Waals surface area contributed by atoms with Crippen LogP contribution in [0, 0.1) is 0 Å². The van der Waals surface area contributed by atoms with Gasteiger partial charge in [0.15, 0.2) is 0 Å². The van der Waals surface area contributed by atoms with Gasteiger partial charge in [0.25, 0.3) is 5.91 Å². The molecule has 2 atom stereocenters. The van der Waals surface area contributed by atoms with Crippen molar-refractivity contribution in [2.24, 2.45) is 0 Å². The van der Waals surface area contributed by atoms with Crippen molar-refractivity contribution in [3.63, 3.8) is 0 Å². The number of aromatic amines is 1. The first kappa shape index (κ1) is 27.1. The Labute approximate surface area is 232 Å². The van der Waals surface area contributed by atoms with Gasteiger partial charge in [-0.25, -0.2) is 9.71 Å². The van der Waals surface area contributed by atoms with Gasteiger partial charge in [-0.15, -0.1) is 0 Å². The minimum Gasteiger partial charge on any atom is -0.344 e. The molecule has 0 aliphatic carbocycles. The maximum Gasteiger partial charge on any atom is 0.264 e. The van der Waals surface area contributed by atoms with Crippen molar-refractivity contribution in [3.8, 4) is 0 Å². The molecule has 3 amide bonds. The van der Waals surface area contributed by atoms with E-state index in [2.05, 4.69) is 20.3 Å². The van der Waals surface area contributed by atoms with Gasteiger partial charge >= 0.3 is 0 Å². The molecule has 0 saturated carbocycles. The summed E-state index contributed by atoms with van der Waals surface area (Å²) < 4.78 is 22.5. The molecule has 0 saturated heterocycles. The van der Waals surface area contributed by atoms with Crippen molar-refractivity contribution in [3.05, 3.63) is 107 Å². The first-order valence-electron chi connectivity index (χ1n) is 12.6. The molecule has 2 heterocycles. The first-order chi connectivity index (χ1) is 19.2. The van der Waals surface area contributed by atoms with Crippen LogP contribution in [-0.4, -0.2) is 42.8 Å². The number of benzene rings is 3. The van der Waals surface area contributed by atoms with Crippen molar-refractivity contribution in [2.45, 2.75) is 31.8 Å². The predicted molar refractivity (Wildman–Crippen MR) is 154 cm³/mol. The topological polar surface area (TPSA) is 156 Å². The fourth-order valence-electron chi connectivity index (χ4n) is 4.64. The summed E-state index contributed by atoms with van der Waals surface area (Å²) in [5.74, 6) is -0.666. The second-order valence-electron chi connectivity index (χ2n) is 9.57. The molecule has 1 aliphatic rings. The lowest BCUT2D eigenvalue weighted by atomic mass is 10.0. The second kappa shape index (κ2) is 11.3. The van der Waals surface area contributed by atoms with E-state index in [1.165, 1.54) is 13.0 Å². The highest BCUT2D eigenvalue weighted by Gasteiger charge is 2.30. The van der Waals surface area contributed by atoms with Crippen LogP contribution < -0.4 is 15.4 Å². The van der Waals surface area contributed by atoms with Crippen LogP contribution in [0.3, 0.4) is 0 Å². The van der Waals surface area contributed by atoms with Crippen molar-refractivity contribution >= 4 is 44.4 Å². The zero-order chi connectivity index (χ0) is 28.3. The highest BCUT2D eigenvalue weighted by molar-refractivity contribution is 8.31. The number of fused-ring (bicyclic) bond motifs is 1. The molecule has 4 aromatic rings. The number of carbonyl (C=O) groups excluding carboxylic acids is 3. The Hall–Kier alpha value is -4.45. The van der Waals surface area contributed by atoms with Gasteiger partial charge in [-0.3, -0.25) is 23.5 Å². The number of para-hydroxylation sites is 2. The van der Waals surface area contributed by atoms with Crippen molar-refractivity contribution < 1.29 is 23.5 Å². The van der Waals surface area contributed by atoms with Crippen LogP contribution in [0.25, 0.3) is 15.9 Å². The molecule has 0 radical (unpaired) electrons. The Kier molecular flexibility index (Phi) is 7.69. The van der Waals surface area contributed by atoms with Crippen LogP contribution in [0.2, 0.25) is 0 Å². The first-order valence-corrected chi connectivity index (χ1v) is 14.2. The normalized spacial score (nSPS) is 16.5. The number of imidazole rings is 1. The highest BCUT2D eigenvalue weighted by Crippen LogP contribution is 2.52. The van der Waals surface area contributed by atoms with E-state index in [0.717, 1.165) is 22.2 Å². The molecule has 0 bridgehead atoms. The number of hydrogen-bond acceptors (Lipinski definition) is 6. The summed E-state index contributed by atoms with van der Waals surface area (Å²) in [5.41, 5.74) is 3.83. The molecule has 1 aromatic heterocycles. The maximum absolute atomic E-state index is 13.5. The van der Waals surface area contributed by atoms with Crippen molar-refractivity contribution in [1.29, 1.82) is 0 Å². The van der Waals surface area contributed by atoms with Crippen LogP contribution in [-0.2, 0) is 27.2 Å². The van der Waals surface area contributed by atoms with E-state index in [0.29, 0.717) is 24.2 Å². The zero-order valence-electron chi connectivity index (χ0n) is 21.6. The fraction of sp³-hybridized carbons (Fsp3) is 0.172. The van der Waals surface area contributed by atoms with Gasteiger partial charge < -0.3 is 15.6 Å². The number of rotatable bonds is 9. The van der Waals surface area contributed by atoms with Gasteiger partial charge in [0.05, 0.1) is 22.0 Å². The van der Waals surface area contributed by atoms with E-state index in [1.54, 1.807) is 24.3 Å². The molecule has 10 nitrogen and oxygen atoms in total. The summed E-state index contributed by atoms with van der Waals surface area (Å²) in [6, 6.07) is 22.6. The number of nitrogens with zero attached hydrogens (tertiary/aromatic N) is 1. The lowest BCUT2D eigenvalue weighted by molar-refractivity contribution is -0.128. The molecule has 11 heteroatoms. The molecule has 0 fully saturated rings. The van der Waals surface area contributed by atoms with Crippen LogP contribution in [0.4, 0.5) is 0 Å². The van der Waals surface area contributed by atoms with Crippen LogP contribution in [0.15, 0.2) is 84.9 Å². The SMILES string of the molecule is CC(=O)N[C@@H](Cc1ccccc1)C(=O)N[C@@H](Cc1ccc(C2=CC(=O)NS2(O)O)cc1)c1nc2ccccc2[nH]1. The summed E-state index contributed by atoms with van der Waals surface area (Å²) in [7, 11) is -3.39. The third kappa shape index (κ3) is 6.23. The lowest BCUT2D eigenvalue weighted by Crippen LogP contribution is -2.48. The minimum atomic E-state index is -3.39. The Bertz CT molecular complexity index is 1550. The molecular weight excluding hydrogens is 530 g/mol. The number of H-pyrrole nitrogens is 1. The fourth-order valence-corrected chi connectivity index (χ4v) is 5.83. The van der Waals surface area contributed by atoms with E-state index >= 15 is 0 Å². The highest BCUT2D eigenvalue weighted by atomic mass is 32.3. The van der Waals surface area contributed by atoms with E-state index in [-0.39, 0.29) is 16.7 Å². The molecule has 6 N–H and O–H groups in total. The number of amides is 3. The third-order valence-corrected chi connectivity index (χ3v) is 7.97. The molecule has 0 unspecified atom stereocenters. The van der Waals surface area contributed by atoms with Gasteiger partial charge in [-0.05, 0) is 35.2 Å². The molecule has 3 aromatic carbocycles. The Morgan fingerprint density at radius 3 is 2.23 bits per heavy atom. The Balaban J connectivity index is 1.41. The number of hydrogen-bond donors (Lipinski definition) is 6. The standard InChI is InChI=1S/C29H29N5O5S/c1-18(35)30-25(16-19-7-3-2-4-8-19)29(37)33-24(28-31-22-9-5-6-10-23(22)32-28)15-20-11-13-21(14-12-20)26-17-27(36)34-40(26,38)39/h2-14,17,24-25,38-39H,15-16H2,1H3,(H,30,35)(H,31,32)(H,33,37)(H,34,36)/t24-,25-/m0/s1. The van der Waals surface area contributed by atoms with Gasteiger partial charge in [0, 0.05) is 19.4 Å². The molecule has 0 spiro atoms. The van der Waals surface area contributed by atoms with Gasteiger partial charge in [0.1, 0.15) is 11.9 Å². The smallest absolute Gasteiger partial charge is 0.264 e.